The highest BCUT2D eigenvalue weighted by atomic mass is 79.9. The Balaban J connectivity index is 2.23. The van der Waals surface area contributed by atoms with Gasteiger partial charge in [-0.25, -0.2) is 4.39 Å². The van der Waals surface area contributed by atoms with Crippen LogP contribution in [0.15, 0.2) is 39.4 Å². The number of hydrogen-bond acceptors (Lipinski definition) is 2. The molecule has 2 N–H and O–H groups in total. The average molecular weight is 388 g/mol. The largest absolute Gasteiger partial charge is 0.322 e. The highest BCUT2D eigenvalue weighted by Crippen LogP contribution is 2.26. The van der Waals surface area contributed by atoms with Gasteiger partial charge in [0.25, 0.3) is 0 Å². The molecule has 0 aliphatic rings. The Kier molecular flexibility index (Phi) is 4.71. The lowest BCUT2D eigenvalue weighted by molar-refractivity contribution is 0.623. The van der Waals surface area contributed by atoms with Crippen molar-refractivity contribution in [1.82, 2.24) is 4.98 Å². The monoisotopic (exact) mass is 386 g/mol. The van der Waals surface area contributed by atoms with Crippen LogP contribution in [0, 0.1) is 12.7 Å². The van der Waals surface area contributed by atoms with E-state index in [1.165, 1.54) is 12.1 Å². The number of nitrogens with two attached hydrogens (primary N) is 1. The maximum atomic E-state index is 13.1. The van der Waals surface area contributed by atoms with E-state index in [-0.39, 0.29) is 11.9 Å². The Morgan fingerprint density at radius 3 is 2.68 bits per heavy atom. The molecule has 2 rings (SSSR count). The average Bonchev–Trinajstić information content (AvgIpc) is 2.32. The third-order valence-corrected chi connectivity index (χ3v) is 4.00. The number of aryl methyl sites for hydroxylation is 1. The smallest absolute Gasteiger partial charge is 0.123 e. The van der Waals surface area contributed by atoms with E-state index in [2.05, 4.69) is 36.8 Å². The molecule has 1 atom stereocenters. The summed E-state index contributed by atoms with van der Waals surface area (Å²) in [5.41, 5.74) is 8.92. The van der Waals surface area contributed by atoms with E-state index in [1.54, 1.807) is 12.3 Å². The van der Waals surface area contributed by atoms with Crippen LogP contribution in [-0.2, 0) is 6.42 Å². The van der Waals surface area contributed by atoms with Crippen molar-refractivity contribution in [3.63, 3.8) is 0 Å². The van der Waals surface area contributed by atoms with Gasteiger partial charge >= 0.3 is 0 Å². The molecule has 19 heavy (non-hydrogen) atoms. The number of nitrogens with zero attached hydrogens (tertiary/aromatic N) is 1. The molecule has 0 fully saturated rings. The van der Waals surface area contributed by atoms with Crippen LogP contribution in [0.1, 0.15) is 22.9 Å². The number of halogens is 3. The van der Waals surface area contributed by atoms with E-state index < -0.39 is 0 Å². The van der Waals surface area contributed by atoms with Crippen molar-refractivity contribution >= 4 is 31.9 Å². The zero-order valence-electron chi connectivity index (χ0n) is 10.3. The third kappa shape index (κ3) is 3.61. The Morgan fingerprint density at radius 2 is 2.05 bits per heavy atom. The molecule has 5 heteroatoms. The van der Waals surface area contributed by atoms with E-state index >= 15 is 0 Å². The molecule has 0 aliphatic heterocycles. The predicted molar refractivity (Wildman–Crippen MR) is 81.4 cm³/mol. The molecule has 0 spiro atoms. The first-order valence-corrected chi connectivity index (χ1v) is 7.37. The van der Waals surface area contributed by atoms with Gasteiger partial charge in [-0.2, -0.15) is 0 Å². The lowest BCUT2D eigenvalue weighted by Gasteiger charge is -2.14. The van der Waals surface area contributed by atoms with Crippen molar-refractivity contribution in [1.29, 1.82) is 0 Å². The third-order valence-electron chi connectivity index (χ3n) is 2.93. The molecule has 0 bridgehead atoms. The number of benzene rings is 1. The van der Waals surface area contributed by atoms with E-state index in [1.807, 2.05) is 13.0 Å². The Labute approximate surface area is 128 Å². The number of hydrogen-bond donors (Lipinski definition) is 1. The quantitative estimate of drug-likeness (QED) is 0.852. The molecule has 0 amide bonds. The molecule has 0 saturated heterocycles. The van der Waals surface area contributed by atoms with Gasteiger partial charge in [-0.05, 0) is 74.5 Å². The second-order valence-corrected chi connectivity index (χ2v) is 6.17. The number of rotatable bonds is 3. The van der Waals surface area contributed by atoms with Crippen LogP contribution in [0.5, 0.6) is 0 Å². The molecule has 100 valence electrons. The fraction of sp³-hybridized carbons (Fsp3) is 0.214. The fourth-order valence-electron chi connectivity index (χ4n) is 1.92. The van der Waals surface area contributed by atoms with Gasteiger partial charge in [0.1, 0.15) is 5.82 Å². The van der Waals surface area contributed by atoms with Gasteiger partial charge < -0.3 is 5.73 Å². The van der Waals surface area contributed by atoms with Crippen molar-refractivity contribution in [3.8, 4) is 0 Å². The second kappa shape index (κ2) is 6.11. The molecule has 1 unspecified atom stereocenters. The summed E-state index contributed by atoms with van der Waals surface area (Å²) >= 11 is 6.82. The summed E-state index contributed by atoms with van der Waals surface area (Å²) in [6.07, 6.45) is 2.34. The van der Waals surface area contributed by atoms with Crippen LogP contribution in [0.25, 0.3) is 0 Å². The highest BCUT2D eigenvalue weighted by Gasteiger charge is 2.14. The zero-order valence-corrected chi connectivity index (χ0v) is 13.5. The van der Waals surface area contributed by atoms with Gasteiger partial charge in [0.2, 0.25) is 0 Å². The standard InChI is InChI=1S/C14H13Br2FN2/c1-8-4-11(17)3-2-9(8)5-13(18)14-12(16)6-10(15)7-19-14/h2-4,6-7,13H,5,18H2,1H3. The molecule has 0 saturated carbocycles. The summed E-state index contributed by atoms with van der Waals surface area (Å²) in [5, 5.41) is 0. The first-order chi connectivity index (χ1) is 8.97. The van der Waals surface area contributed by atoms with Crippen LogP contribution >= 0.6 is 31.9 Å². The summed E-state index contributed by atoms with van der Waals surface area (Å²) in [4.78, 5) is 4.33. The summed E-state index contributed by atoms with van der Waals surface area (Å²) in [6, 6.07) is 6.44. The van der Waals surface area contributed by atoms with Crippen LogP contribution in [0.4, 0.5) is 4.39 Å². The van der Waals surface area contributed by atoms with Gasteiger partial charge in [0.15, 0.2) is 0 Å². The Morgan fingerprint density at radius 1 is 1.32 bits per heavy atom. The first kappa shape index (κ1) is 14.6. The van der Waals surface area contributed by atoms with Crippen molar-refractivity contribution in [3.05, 3.63) is 62.0 Å². The predicted octanol–water partition coefficient (Wildman–Crippen LogP) is 4.30. The van der Waals surface area contributed by atoms with Crippen LogP contribution in [0.2, 0.25) is 0 Å². The van der Waals surface area contributed by atoms with Crippen LogP contribution in [-0.4, -0.2) is 4.98 Å². The van der Waals surface area contributed by atoms with Crippen LogP contribution < -0.4 is 5.73 Å². The molecule has 0 aliphatic carbocycles. The van der Waals surface area contributed by atoms with Crippen molar-refractivity contribution < 1.29 is 4.39 Å². The van der Waals surface area contributed by atoms with Gasteiger partial charge in [-0.1, -0.05) is 6.07 Å². The normalized spacial score (nSPS) is 12.5. The first-order valence-electron chi connectivity index (χ1n) is 5.79. The minimum absolute atomic E-state index is 0.224. The Hall–Kier alpha value is -0.780. The molecular weight excluding hydrogens is 375 g/mol. The fourth-order valence-corrected chi connectivity index (χ4v) is 3.20. The topological polar surface area (TPSA) is 38.9 Å². The van der Waals surface area contributed by atoms with Gasteiger partial charge in [0, 0.05) is 15.1 Å². The molecular formula is C14H13Br2FN2. The van der Waals surface area contributed by atoms with Gasteiger partial charge in [0.05, 0.1) is 11.7 Å². The maximum Gasteiger partial charge on any atom is 0.123 e. The molecule has 2 aromatic rings. The lowest BCUT2D eigenvalue weighted by Crippen LogP contribution is -2.16. The Bertz CT molecular complexity index is 602. The minimum Gasteiger partial charge on any atom is -0.322 e. The minimum atomic E-state index is -0.230. The second-order valence-electron chi connectivity index (χ2n) is 4.40. The van der Waals surface area contributed by atoms with E-state index in [0.29, 0.717) is 6.42 Å². The highest BCUT2D eigenvalue weighted by molar-refractivity contribution is 9.11. The van der Waals surface area contributed by atoms with Crippen molar-refractivity contribution in [2.24, 2.45) is 5.73 Å². The van der Waals surface area contributed by atoms with E-state index in [9.17, 15) is 4.39 Å². The van der Waals surface area contributed by atoms with Gasteiger partial charge in [-0.15, -0.1) is 0 Å². The zero-order chi connectivity index (χ0) is 14.0. The van der Waals surface area contributed by atoms with E-state index in [4.69, 9.17) is 5.73 Å². The summed E-state index contributed by atoms with van der Waals surface area (Å²) in [6.45, 7) is 1.88. The summed E-state index contributed by atoms with van der Waals surface area (Å²) < 4.78 is 14.8. The number of aromatic nitrogens is 1. The molecule has 1 heterocycles. The SMILES string of the molecule is Cc1cc(F)ccc1CC(N)c1ncc(Br)cc1Br. The van der Waals surface area contributed by atoms with Crippen molar-refractivity contribution in [2.75, 3.05) is 0 Å². The lowest BCUT2D eigenvalue weighted by atomic mass is 9.99. The van der Waals surface area contributed by atoms with Gasteiger partial charge in [-0.3, -0.25) is 4.98 Å². The number of pyridine rings is 1. The molecule has 1 aromatic heterocycles. The molecule has 2 nitrogen and oxygen atoms in total. The van der Waals surface area contributed by atoms with Crippen molar-refractivity contribution in [2.45, 2.75) is 19.4 Å². The summed E-state index contributed by atoms with van der Waals surface area (Å²) in [7, 11) is 0. The summed E-state index contributed by atoms with van der Waals surface area (Å²) in [5.74, 6) is -0.224. The maximum absolute atomic E-state index is 13.1. The molecule has 0 radical (unpaired) electrons. The van der Waals surface area contributed by atoms with E-state index in [0.717, 1.165) is 25.8 Å². The molecule has 1 aromatic carbocycles. The van der Waals surface area contributed by atoms with Crippen LogP contribution in [0.3, 0.4) is 0 Å².